The molecule has 0 saturated heterocycles. The number of hydrogen-bond acceptors (Lipinski definition) is 3. The van der Waals surface area contributed by atoms with Gasteiger partial charge in [0.25, 0.3) is 5.91 Å². The van der Waals surface area contributed by atoms with Gasteiger partial charge in [-0.05, 0) is 36.1 Å². The third kappa shape index (κ3) is 4.42. The van der Waals surface area contributed by atoms with Crippen molar-refractivity contribution >= 4 is 17.6 Å². The highest BCUT2D eigenvalue weighted by atomic mass is 16.4. The van der Waals surface area contributed by atoms with Gasteiger partial charge in [0, 0.05) is 24.8 Å². The first kappa shape index (κ1) is 16.7. The highest BCUT2D eigenvalue weighted by molar-refractivity contribution is 6.02. The molecule has 1 heterocycles. The fourth-order valence-electron chi connectivity index (χ4n) is 2.33. The number of carbonyl (C=O) groups excluding carboxylic acids is 1. The molecule has 6 heteroatoms. The number of rotatable bonds is 6. The molecule has 1 aromatic carbocycles. The molecule has 2 N–H and O–H groups in total. The van der Waals surface area contributed by atoms with Crippen molar-refractivity contribution in [2.45, 2.75) is 32.6 Å². The molecule has 0 radical (unpaired) electrons. The lowest BCUT2D eigenvalue weighted by atomic mass is 10.1. The number of nitrogens with one attached hydrogen (secondary N) is 1. The van der Waals surface area contributed by atoms with E-state index in [9.17, 15) is 9.59 Å². The first-order valence-corrected chi connectivity index (χ1v) is 7.53. The van der Waals surface area contributed by atoms with Crippen LogP contribution in [0.2, 0.25) is 0 Å². The first-order valence-electron chi connectivity index (χ1n) is 7.53. The maximum atomic E-state index is 12.2. The lowest BCUT2D eigenvalue weighted by molar-refractivity contribution is -0.136. The molecular weight excluding hydrogens is 294 g/mol. The smallest absolute Gasteiger partial charge is 0.303 e. The van der Waals surface area contributed by atoms with Gasteiger partial charge in [0.05, 0.1) is 0 Å². The number of aromatic nitrogens is 2. The molecule has 6 nitrogen and oxygen atoms in total. The van der Waals surface area contributed by atoms with E-state index < -0.39 is 5.97 Å². The second-order valence-electron chi connectivity index (χ2n) is 5.78. The Morgan fingerprint density at radius 1 is 1.26 bits per heavy atom. The molecule has 0 fully saturated rings. The summed E-state index contributed by atoms with van der Waals surface area (Å²) in [4.78, 5) is 22.8. The van der Waals surface area contributed by atoms with Crippen molar-refractivity contribution in [3.8, 4) is 0 Å². The molecule has 2 aromatic rings. The van der Waals surface area contributed by atoms with Crippen molar-refractivity contribution in [2.75, 3.05) is 5.32 Å². The minimum atomic E-state index is -0.821. The van der Waals surface area contributed by atoms with Crippen LogP contribution >= 0.6 is 0 Å². The normalized spacial score (nSPS) is 10.8. The number of amides is 1. The van der Waals surface area contributed by atoms with Crippen molar-refractivity contribution in [3.05, 3.63) is 47.3 Å². The second-order valence-corrected chi connectivity index (χ2v) is 5.78. The monoisotopic (exact) mass is 315 g/mol. The van der Waals surface area contributed by atoms with Crippen LogP contribution in [0.15, 0.2) is 30.3 Å². The molecule has 1 amide bonds. The van der Waals surface area contributed by atoms with Crippen molar-refractivity contribution in [1.82, 2.24) is 9.78 Å². The number of benzene rings is 1. The van der Waals surface area contributed by atoms with Crippen LogP contribution in [-0.2, 0) is 18.3 Å². The van der Waals surface area contributed by atoms with E-state index in [0.717, 1.165) is 11.3 Å². The fourth-order valence-corrected chi connectivity index (χ4v) is 2.33. The summed E-state index contributed by atoms with van der Waals surface area (Å²) in [6.07, 6.45) is 0.569. The summed E-state index contributed by atoms with van der Waals surface area (Å²) in [6.45, 7) is 4.10. The van der Waals surface area contributed by atoms with Crippen LogP contribution in [0.25, 0.3) is 0 Å². The molecular formula is C17H21N3O3. The Labute approximate surface area is 135 Å². The number of carboxylic acid groups (broad SMARTS) is 1. The van der Waals surface area contributed by atoms with E-state index in [4.69, 9.17) is 5.11 Å². The number of nitrogens with zero attached hydrogens (tertiary/aromatic N) is 2. The fraction of sp³-hybridized carbons (Fsp3) is 0.353. The van der Waals surface area contributed by atoms with Gasteiger partial charge in [0.2, 0.25) is 0 Å². The van der Waals surface area contributed by atoms with Gasteiger partial charge < -0.3 is 10.4 Å². The molecule has 0 aliphatic carbocycles. The van der Waals surface area contributed by atoms with Crippen LogP contribution in [-0.4, -0.2) is 26.8 Å². The Morgan fingerprint density at radius 2 is 1.91 bits per heavy atom. The van der Waals surface area contributed by atoms with Crippen molar-refractivity contribution in [2.24, 2.45) is 7.05 Å². The van der Waals surface area contributed by atoms with Gasteiger partial charge in [-0.2, -0.15) is 5.10 Å². The van der Waals surface area contributed by atoms with Crippen LogP contribution in [0.3, 0.4) is 0 Å². The van der Waals surface area contributed by atoms with Crippen LogP contribution in [0, 0.1) is 0 Å². The maximum Gasteiger partial charge on any atom is 0.303 e. The number of aliphatic carboxylic acids is 1. The summed E-state index contributed by atoms with van der Waals surface area (Å²) in [5.74, 6) is -0.785. The highest BCUT2D eigenvalue weighted by Crippen LogP contribution is 2.16. The van der Waals surface area contributed by atoms with E-state index in [0.29, 0.717) is 23.7 Å². The predicted octanol–water partition coefficient (Wildman–Crippen LogP) is 2.81. The van der Waals surface area contributed by atoms with Crippen molar-refractivity contribution in [1.29, 1.82) is 0 Å². The molecule has 122 valence electrons. The average molecular weight is 315 g/mol. The Bertz CT molecular complexity index is 702. The molecule has 0 spiro atoms. The maximum absolute atomic E-state index is 12.2. The second kappa shape index (κ2) is 7.09. The zero-order chi connectivity index (χ0) is 17.0. The zero-order valence-electron chi connectivity index (χ0n) is 13.5. The van der Waals surface area contributed by atoms with Crippen LogP contribution in [0.5, 0.6) is 0 Å². The lowest BCUT2D eigenvalue weighted by Gasteiger charge is -2.04. The van der Waals surface area contributed by atoms with Gasteiger partial charge >= 0.3 is 5.97 Å². The van der Waals surface area contributed by atoms with Gasteiger partial charge in [-0.3, -0.25) is 14.3 Å². The van der Waals surface area contributed by atoms with Gasteiger partial charge in [-0.15, -0.1) is 0 Å². The third-order valence-corrected chi connectivity index (χ3v) is 3.58. The van der Waals surface area contributed by atoms with Gasteiger partial charge in [0.15, 0.2) is 5.69 Å². The number of carboxylic acids is 1. The summed E-state index contributed by atoms with van der Waals surface area (Å²) < 4.78 is 1.72. The standard InChI is InChI=1S/C17H21N3O3/c1-11(2)15-10-14(19-20(15)3)17(23)18-13-7-4-12(5-8-13)6-9-16(21)22/h4-5,7-8,10-11H,6,9H2,1-3H3,(H,18,23)(H,21,22). The number of carbonyl (C=O) groups is 2. The number of anilines is 1. The summed E-state index contributed by atoms with van der Waals surface area (Å²) in [5, 5.41) is 15.7. The summed E-state index contributed by atoms with van der Waals surface area (Å²) in [7, 11) is 1.82. The minimum absolute atomic E-state index is 0.0949. The molecule has 0 unspecified atom stereocenters. The van der Waals surface area contributed by atoms with E-state index in [1.54, 1.807) is 22.9 Å². The topological polar surface area (TPSA) is 84.2 Å². The average Bonchev–Trinajstić information content (AvgIpc) is 2.89. The SMILES string of the molecule is CC(C)c1cc(C(=O)Nc2ccc(CCC(=O)O)cc2)nn1C. The predicted molar refractivity (Wildman–Crippen MR) is 87.6 cm³/mol. The van der Waals surface area contributed by atoms with E-state index >= 15 is 0 Å². The molecule has 2 rings (SSSR count). The van der Waals surface area contributed by atoms with Crippen LogP contribution < -0.4 is 5.32 Å². The third-order valence-electron chi connectivity index (χ3n) is 3.58. The number of hydrogen-bond donors (Lipinski definition) is 2. The Kier molecular flexibility index (Phi) is 5.16. The molecule has 23 heavy (non-hydrogen) atoms. The van der Waals surface area contributed by atoms with E-state index in [1.165, 1.54) is 0 Å². The zero-order valence-corrected chi connectivity index (χ0v) is 13.5. The van der Waals surface area contributed by atoms with Crippen molar-refractivity contribution in [3.63, 3.8) is 0 Å². The highest BCUT2D eigenvalue weighted by Gasteiger charge is 2.14. The summed E-state index contributed by atoms with van der Waals surface area (Å²) in [5.41, 5.74) is 2.96. The Morgan fingerprint density at radius 3 is 2.43 bits per heavy atom. The molecule has 0 bridgehead atoms. The molecule has 0 atom stereocenters. The first-order chi connectivity index (χ1) is 10.9. The molecule has 0 aliphatic heterocycles. The molecule has 0 aliphatic rings. The van der Waals surface area contributed by atoms with Gasteiger partial charge in [-0.25, -0.2) is 0 Å². The van der Waals surface area contributed by atoms with Gasteiger partial charge in [-0.1, -0.05) is 26.0 Å². The summed E-state index contributed by atoms with van der Waals surface area (Å²) >= 11 is 0. The lowest BCUT2D eigenvalue weighted by Crippen LogP contribution is -2.13. The van der Waals surface area contributed by atoms with Crippen LogP contribution in [0.4, 0.5) is 5.69 Å². The minimum Gasteiger partial charge on any atom is -0.481 e. The van der Waals surface area contributed by atoms with E-state index in [-0.39, 0.29) is 12.3 Å². The molecule has 1 aromatic heterocycles. The summed E-state index contributed by atoms with van der Waals surface area (Å²) in [6, 6.07) is 8.96. The quantitative estimate of drug-likeness (QED) is 0.858. The van der Waals surface area contributed by atoms with Crippen molar-refractivity contribution < 1.29 is 14.7 Å². The van der Waals surface area contributed by atoms with Crippen LogP contribution in [0.1, 0.15) is 47.9 Å². The Balaban J connectivity index is 2.02. The van der Waals surface area contributed by atoms with E-state index in [2.05, 4.69) is 24.3 Å². The largest absolute Gasteiger partial charge is 0.481 e. The van der Waals surface area contributed by atoms with E-state index in [1.807, 2.05) is 19.2 Å². The Hall–Kier alpha value is -2.63. The number of aryl methyl sites for hydroxylation is 2. The van der Waals surface area contributed by atoms with Gasteiger partial charge in [0.1, 0.15) is 0 Å². The molecule has 0 saturated carbocycles.